The maximum absolute atomic E-state index is 12.1. The summed E-state index contributed by atoms with van der Waals surface area (Å²) in [6.07, 6.45) is 3.86. The molecular weight excluding hydrogens is 346 g/mol. The number of fused-ring (bicyclic) bond motifs is 1. The molecule has 4 heterocycles. The van der Waals surface area contributed by atoms with Gasteiger partial charge in [-0.2, -0.15) is 4.37 Å². The Labute approximate surface area is 155 Å². The van der Waals surface area contributed by atoms with E-state index in [1.165, 1.54) is 11.5 Å². The highest BCUT2D eigenvalue weighted by molar-refractivity contribution is 7.03. The highest BCUT2D eigenvalue weighted by Crippen LogP contribution is 2.23. The fraction of sp³-hybridized carbons (Fsp3) is 0.211. The zero-order chi connectivity index (χ0) is 17.9. The summed E-state index contributed by atoms with van der Waals surface area (Å²) >= 11 is 1.38. The van der Waals surface area contributed by atoms with Gasteiger partial charge < -0.3 is 5.32 Å². The van der Waals surface area contributed by atoms with Gasteiger partial charge in [0.2, 0.25) is 5.91 Å². The molecule has 3 aromatic heterocycles. The minimum Gasteiger partial charge on any atom is -0.350 e. The first kappa shape index (κ1) is 16.5. The second kappa shape index (κ2) is 7.13. The minimum absolute atomic E-state index is 0.0608. The zero-order valence-corrected chi connectivity index (χ0v) is 15.1. The van der Waals surface area contributed by atoms with E-state index < -0.39 is 0 Å². The Kier molecular flexibility index (Phi) is 4.53. The summed E-state index contributed by atoms with van der Waals surface area (Å²) in [7, 11) is 0. The van der Waals surface area contributed by atoms with Gasteiger partial charge in [-0.3, -0.25) is 19.8 Å². The monoisotopic (exact) mass is 363 g/mol. The molecule has 3 aromatic rings. The lowest BCUT2D eigenvalue weighted by Gasteiger charge is -2.07. The predicted octanol–water partition coefficient (Wildman–Crippen LogP) is 2.45. The van der Waals surface area contributed by atoms with Crippen LogP contribution in [0.2, 0.25) is 0 Å². The number of pyridine rings is 2. The average molecular weight is 363 g/mol. The molecule has 1 aliphatic rings. The maximum atomic E-state index is 12.1. The molecule has 0 radical (unpaired) electrons. The van der Waals surface area contributed by atoms with Crippen LogP contribution < -0.4 is 5.32 Å². The van der Waals surface area contributed by atoms with Crippen LogP contribution in [0.15, 0.2) is 47.0 Å². The first-order valence-corrected chi connectivity index (χ1v) is 9.14. The summed E-state index contributed by atoms with van der Waals surface area (Å²) in [6.45, 7) is 3.02. The van der Waals surface area contributed by atoms with Crippen LogP contribution >= 0.6 is 11.5 Å². The lowest BCUT2D eigenvalue weighted by Crippen LogP contribution is -2.25. The van der Waals surface area contributed by atoms with E-state index in [0.29, 0.717) is 13.1 Å². The largest absolute Gasteiger partial charge is 0.350 e. The minimum atomic E-state index is -0.0608. The van der Waals surface area contributed by atoms with Gasteiger partial charge in [-0.25, -0.2) is 0 Å². The van der Waals surface area contributed by atoms with Crippen molar-refractivity contribution in [1.82, 2.24) is 19.7 Å². The van der Waals surface area contributed by atoms with Crippen molar-refractivity contribution in [3.63, 3.8) is 0 Å². The molecule has 0 aliphatic carbocycles. The molecule has 0 saturated heterocycles. The van der Waals surface area contributed by atoms with Crippen LogP contribution in [0.25, 0.3) is 0 Å². The fourth-order valence-corrected chi connectivity index (χ4v) is 3.46. The highest BCUT2D eigenvalue weighted by Gasteiger charge is 2.19. The number of carbonyl (C=O) groups excluding carboxylic acids is 1. The first-order chi connectivity index (χ1) is 12.7. The number of hydrogen-bond acceptors (Lipinski definition) is 6. The number of aryl methyl sites for hydroxylation is 1. The third kappa shape index (κ3) is 3.52. The van der Waals surface area contributed by atoms with Gasteiger partial charge in [0.05, 0.1) is 36.6 Å². The van der Waals surface area contributed by atoms with Crippen molar-refractivity contribution >= 4 is 23.2 Å². The number of carbonyl (C=O) groups is 1. The Hall–Kier alpha value is -2.93. The quantitative estimate of drug-likeness (QED) is 0.755. The van der Waals surface area contributed by atoms with Crippen molar-refractivity contribution in [3.8, 4) is 0 Å². The number of rotatable bonds is 5. The predicted molar refractivity (Wildman–Crippen MR) is 100 cm³/mol. The number of hydrogen-bond donors (Lipinski definition) is 1. The van der Waals surface area contributed by atoms with Crippen molar-refractivity contribution < 1.29 is 4.79 Å². The van der Waals surface area contributed by atoms with Crippen molar-refractivity contribution in [2.24, 2.45) is 4.99 Å². The maximum Gasteiger partial charge on any atom is 0.226 e. The molecule has 0 bridgehead atoms. The van der Waals surface area contributed by atoms with E-state index in [1.807, 2.05) is 42.8 Å². The van der Waals surface area contributed by atoms with E-state index >= 15 is 0 Å². The molecule has 1 N–H and O–H groups in total. The molecule has 0 unspecified atom stereocenters. The third-order valence-corrected chi connectivity index (χ3v) is 4.78. The van der Waals surface area contributed by atoms with Crippen LogP contribution in [-0.2, 0) is 24.3 Å². The van der Waals surface area contributed by atoms with Gasteiger partial charge >= 0.3 is 0 Å². The van der Waals surface area contributed by atoms with E-state index in [0.717, 1.165) is 39.5 Å². The molecular formula is C19H17N5OS. The summed E-state index contributed by atoms with van der Waals surface area (Å²) in [5.41, 5.74) is 6.70. The van der Waals surface area contributed by atoms with Gasteiger partial charge in [-0.05, 0) is 48.3 Å². The van der Waals surface area contributed by atoms with Gasteiger partial charge in [-0.1, -0.05) is 0 Å². The Morgan fingerprint density at radius 2 is 2.15 bits per heavy atom. The van der Waals surface area contributed by atoms with Gasteiger partial charge in [-0.15, -0.1) is 0 Å². The Bertz CT molecular complexity index is 981. The van der Waals surface area contributed by atoms with Gasteiger partial charge in [0.1, 0.15) is 0 Å². The van der Waals surface area contributed by atoms with E-state index in [2.05, 4.69) is 24.7 Å². The summed E-state index contributed by atoms with van der Waals surface area (Å²) < 4.78 is 4.18. The zero-order valence-electron chi connectivity index (χ0n) is 14.3. The lowest BCUT2D eigenvalue weighted by molar-refractivity contribution is -0.120. The summed E-state index contributed by atoms with van der Waals surface area (Å²) in [5.74, 6) is -0.0608. The molecule has 130 valence electrons. The summed E-state index contributed by atoms with van der Waals surface area (Å²) in [6, 6.07) is 7.86. The van der Waals surface area contributed by atoms with Crippen molar-refractivity contribution in [2.45, 2.75) is 26.4 Å². The van der Waals surface area contributed by atoms with Crippen LogP contribution in [0.3, 0.4) is 0 Å². The molecule has 6 nitrogen and oxygen atoms in total. The summed E-state index contributed by atoms with van der Waals surface area (Å²) in [4.78, 5) is 25.5. The molecule has 0 spiro atoms. The number of nitrogens with one attached hydrogen (secondary N) is 1. The second-order valence-electron chi connectivity index (χ2n) is 6.13. The fourth-order valence-electron chi connectivity index (χ4n) is 2.92. The molecule has 0 fully saturated rings. The van der Waals surface area contributed by atoms with Crippen LogP contribution in [0, 0.1) is 6.92 Å². The van der Waals surface area contributed by atoms with E-state index in [-0.39, 0.29) is 12.3 Å². The number of amides is 1. The van der Waals surface area contributed by atoms with Crippen LogP contribution in [0.4, 0.5) is 0 Å². The first-order valence-electron chi connectivity index (χ1n) is 8.30. The molecule has 1 amide bonds. The van der Waals surface area contributed by atoms with Crippen LogP contribution in [0.5, 0.6) is 0 Å². The molecule has 26 heavy (non-hydrogen) atoms. The lowest BCUT2D eigenvalue weighted by atomic mass is 10.0. The Morgan fingerprint density at radius 3 is 2.96 bits per heavy atom. The molecule has 0 saturated carbocycles. The number of nitrogens with zero attached hydrogens (tertiary/aromatic N) is 4. The Morgan fingerprint density at radius 1 is 1.23 bits per heavy atom. The van der Waals surface area contributed by atoms with Crippen molar-refractivity contribution in [3.05, 3.63) is 75.8 Å². The van der Waals surface area contributed by atoms with E-state index in [9.17, 15) is 4.79 Å². The second-order valence-corrected chi connectivity index (χ2v) is 6.79. The van der Waals surface area contributed by atoms with Crippen molar-refractivity contribution in [1.29, 1.82) is 0 Å². The topological polar surface area (TPSA) is 80.1 Å². The van der Waals surface area contributed by atoms with E-state index in [4.69, 9.17) is 0 Å². The van der Waals surface area contributed by atoms with Gasteiger partial charge in [0, 0.05) is 34.6 Å². The molecule has 4 rings (SSSR count). The smallest absolute Gasteiger partial charge is 0.226 e. The van der Waals surface area contributed by atoms with E-state index in [1.54, 1.807) is 6.20 Å². The van der Waals surface area contributed by atoms with Crippen LogP contribution in [-0.4, -0.2) is 26.0 Å². The molecule has 0 aromatic carbocycles. The van der Waals surface area contributed by atoms with Gasteiger partial charge in [0.25, 0.3) is 0 Å². The normalized spacial score (nSPS) is 12.6. The van der Waals surface area contributed by atoms with Gasteiger partial charge in [0.15, 0.2) is 0 Å². The number of aromatic nitrogens is 3. The highest BCUT2D eigenvalue weighted by atomic mass is 32.1. The third-order valence-electron chi connectivity index (χ3n) is 4.18. The summed E-state index contributed by atoms with van der Waals surface area (Å²) in [5, 5.41) is 4.77. The Balaban J connectivity index is 1.45. The SMILES string of the molecule is Cc1cc(C2=NCc3cc(CC(=O)NCc4ccsn4)ncc32)ccn1. The standard InChI is InChI=1S/C19H17N5OS/c1-12-6-13(2-4-20-12)19-17-11-21-16(7-14(17)9-23-19)8-18(25)22-10-15-3-5-26-24-15/h2-7,11H,8-10H2,1H3,(H,22,25). The average Bonchev–Trinajstić information content (AvgIpc) is 3.29. The molecule has 1 aliphatic heterocycles. The number of aliphatic imine (C=N–C) groups is 1. The molecule has 0 atom stereocenters. The molecule has 7 heteroatoms. The van der Waals surface area contributed by atoms with Crippen LogP contribution in [0.1, 0.15) is 33.8 Å². The van der Waals surface area contributed by atoms with Crippen molar-refractivity contribution in [2.75, 3.05) is 0 Å².